The minimum Gasteiger partial charge on any atom is -0.485 e. The fourth-order valence-electron chi connectivity index (χ4n) is 3.21. The predicted octanol–water partition coefficient (Wildman–Crippen LogP) is 2.07. The lowest BCUT2D eigenvalue weighted by molar-refractivity contribution is -0.146. The van der Waals surface area contributed by atoms with Gasteiger partial charge < -0.3 is 19.5 Å². The van der Waals surface area contributed by atoms with Gasteiger partial charge in [-0.3, -0.25) is 9.59 Å². The molecule has 2 heterocycles. The van der Waals surface area contributed by atoms with Crippen molar-refractivity contribution in [2.24, 2.45) is 0 Å². The van der Waals surface area contributed by atoms with Crippen LogP contribution >= 0.6 is 0 Å². The number of nitrogens with zero attached hydrogens (tertiary/aromatic N) is 1. The molecule has 124 valence electrons. The number of hydrogen-bond donors (Lipinski definition) is 1. The van der Waals surface area contributed by atoms with Gasteiger partial charge in [-0.15, -0.1) is 0 Å². The van der Waals surface area contributed by atoms with Crippen LogP contribution in [0.25, 0.3) is 0 Å². The molecule has 1 aromatic rings. The molecule has 6 heteroatoms. The van der Waals surface area contributed by atoms with Crippen molar-refractivity contribution >= 4 is 11.9 Å². The van der Waals surface area contributed by atoms with Gasteiger partial charge in [-0.2, -0.15) is 0 Å². The smallest absolute Gasteiger partial charge is 0.303 e. The number of fused-ring (bicyclic) bond motifs is 1. The van der Waals surface area contributed by atoms with Gasteiger partial charge in [-0.05, 0) is 37.8 Å². The number of piperidine rings is 1. The number of aliphatic carboxylic acids is 1. The average Bonchev–Trinajstić information content (AvgIpc) is 2.59. The Bertz CT molecular complexity index is 588. The summed E-state index contributed by atoms with van der Waals surface area (Å²) in [6, 6.07) is 7.27. The standard InChI is InChI=1S/C17H21NO5/c19-16(20)9-8-12-5-3-4-10-18(12)17(21)15-11-22-13-6-1-2-7-14(13)23-15/h1-2,6-7,12,15H,3-5,8-11H2,(H,19,20)/t12-,15-/m0/s1. The van der Waals surface area contributed by atoms with E-state index in [0.717, 1.165) is 19.3 Å². The van der Waals surface area contributed by atoms with Crippen LogP contribution in [0.1, 0.15) is 32.1 Å². The molecule has 0 spiro atoms. The molecule has 0 aromatic heterocycles. The highest BCUT2D eigenvalue weighted by Crippen LogP contribution is 2.32. The third-order valence-electron chi connectivity index (χ3n) is 4.39. The van der Waals surface area contributed by atoms with Crippen LogP contribution in [0.15, 0.2) is 24.3 Å². The van der Waals surface area contributed by atoms with Crippen LogP contribution in [0.4, 0.5) is 0 Å². The molecule has 2 aliphatic heterocycles. The van der Waals surface area contributed by atoms with Gasteiger partial charge in [0.25, 0.3) is 5.91 Å². The zero-order chi connectivity index (χ0) is 16.2. The number of carboxylic acids is 1. The van der Waals surface area contributed by atoms with E-state index in [-0.39, 0.29) is 25.0 Å². The van der Waals surface area contributed by atoms with Crippen LogP contribution in [-0.2, 0) is 9.59 Å². The molecule has 1 saturated heterocycles. The van der Waals surface area contributed by atoms with Gasteiger partial charge in [-0.1, -0.05) is 12.1 Å². The van der Waals surface area contributed by atoms with Crippen LogP contribution in [0.5, 0.6) is 11.5 Å². The Kier molecular flexibility index (Phi) is 4.69. The lowest BCUT2D eigenvalue weighted by Gasteiger charge is -2.38. The maximum atomic E-state index is 12.8. The Labute approximate surface area is 135 Å². The fraction of sp³-hybridized carbons (Fsp3) is 0.529. The zero-order valence-electron chi connectivity index (χ0n) is 12.9. The highest BCUT2D eigenvalue weighted by molar-refractivity contribution is 5.82. The number of carbonyl (C=O) groups excluding carboxylic acids is 1. The molecular weight excluding hydrogens is 298 g/mol. The number of carbonyl (C=O) groups is 2. The number of amides is 1. The number of para-hydroxylation sites is 2. The summed E-state index contributed by atoms with van der Waals surface area (Å²) in [5.41, 5.74) is 0. The molecule has 0 aliphatic carbocycles. The Morgan fingerprint density at radius 3 is 2.78 bits per heavy atom. The molecule has 1 N–H and O–H groups in total. The largest absolute Gasteiger partial charge is 0.485 e. The van der Waals surface area contributed by atoms with E-state index >= 15 is 0 Å². The zero-order valence-corrected chi connectivity index (χ0v) is 12.9. The van der Waals surface area contributed by atoms with E-state index in [1.54, 1.807) is 11.0 Å². The lowest BCUT2D eigenvalue weighted by atomic mass is 9.97. The minimum atomic E-state index is -0.825. The molecule has 2 aliphatic rings. The summed E-state index contributed by atoms with van der Waals surface area (Å²) in [5, 5.41) is 8.88. The minimum absolute atomic E-state index is 0.0203. The van der Waals surface area contributed by atoms with Gasteiger partial charge >= 0.3 is 5.97 Å². The molecule has 1 amide bonds. The highest BCUT2D eigenvalue weighted by Gasteiger charge is 2.35. The summed E-state index contributed by atoms with van der Waals surface area (Å²) < 4.78 is 11.4. The van der Waals surface area contributed by atoms with Crippen molar-refractivity contribution in [2.75, 3.05) is 13.2 Å². The molecule has 2 atom stereocenters. The first-order valence-corrected chi connectivity index (χ1v) is 8.06. The molecule has 6 nitrogen and oxygen atoms in total. The van der Waals surface area contributed by atoms with Crippen LogP contribution in [0, 0.1) is 0 Å². The molecule has 0 saturated carbocycles. The summed E-state index contributed by atoms with van der Waals surface area (Å²) in [6.07, 6.45) is 2.74. The van der Waals surface area contributed by atoms with Crippen molar-refractivity contribution in [2.45, 2.75) is 44.2 Å². The number of carboxylic acid groups (broad SMARTS) is 1. The van der Waals surface area contributed by atoms with E-state index in [0.29, 0.717) is 24.5 Å². The van der Waals surface area contributed by atoms with Crippen LogP contribution < -0.4 is 9.47 Å². The summed E-state index contributed by atoms with van der Waals surface area (Å²) >= 11 is 0. The van der Waals surface area contributed by atoms with Gasteiger partial charge in [-0.25, -0.2) is 0 Å². The highest BCUT2D eigenvalue weighted by atomic mass is 16.6. The first-order valence-electron chi connectivity index (χ1n) is 8.06. The molecule has 0 unspecified atom stereocenters. The number of benzene rings is 1. The van der Waals surface area contributed by atoms with Gasteiger partial charge in [0.05, 0.1) is 0 Å². The molecule has 3 rings (SSSR count). The molecular formula is C17H21NO5. The van der Waals surface area contributed by atoms with Gasteiger partial charge in [0.15, 0.2) is 11.5 Å². The SMILES string of the molecule is O=C(O)CC[C@@H]1CCCCN1C(=O)[C@@H]1COc2ccccc2O1. The first-order chi connectivity index (χ1) is 11.1. The van der Waals surface area contributed by atoms with Crippen molar-refractivity contribution in [3.63, 3.8) is 0 Å². The summed E-state index contributed by atoms with van der Waals surface area (Å²) in [5.74, 6) is 0.303. The van der Waals surface area contributed by atoms with E-state index in [1.165, 1.54) is 0 Å². The Morgan fingerprint density at radius 2 is 2.00 bits per heavy atom. The van der Waals surface area contributed by atoms with Crippen molar-refractivity contribution in [1.82, 2.24) is 4.90 Å². The number of ether oxygens (including phenoxy) is 2. The first kappa shape index (κ1) is 15.6. The topological polar surface area (TPSA) is 76.1 Å². The summed E-state index contributed by atoms with van der Waals surface area (Å²) in [6.45, 7) is 0.850. The number of hydrogen-bond acceptors (Lipinski definition) is 4. The monoisotopic (exact) mass is 319 g/mol. The van der Waals surface area contributed by atoms with Crippen LogP contribution in [0.2, 0.25) is 0 Å². The molecule has 0 radical (unpaired) electrons. The molecule has 1 fully saturated rings. The van der Waals surface area contributed by atoms with Crippen molar-refractivity contribution in [3.8, 4) is 11.5 Å². The van der Waals surface area contributed by atoms with Crippen molar-refractivity contribution in [3.05, 3.63) is 24.3 Å². The number of likely N-dealkylation sites (tertiary alicyclic amines) is 1. The second-order valence-electron chi connectivity index (χ2n) is 5.98. The molecule has 23 heavy (non-hydrogen) atoms. The van der Waals surface area contributed by atoms with Crippen LogP contribution in [-0.4, -0.2) is 47.2 Å². The van der Waals surface area contributed by atoms with Gasteiger partial charge in [0.2, 0.25) is 6.10 Å². The fourth-order valence-corrected chi connectivity index (χ4v) is 3.21. The normalized spacial score (nSPS) is 23.4. The number of rotatable bonds is 4. The summed E-state index contributed by atoms with van der Waals surface area (Å²) in [4.78, 5) is 25.4. The average molecular weight is 319 g/mol. The van der Waals surface area contributed by atoms with Crippen molar-refractivity contribution in [1.29, 1.82) is 0 Å². The van der Waals surface area contributed by atoms with Crippen molar-refractivity contribution < 1.29 is 24.2 Å². The third-order valence-corrected chi connectivity index (χ3v) is 4.39. The summed E-state index contributed by atoms with van der Waals surface area (Å²) in [7, 11) is 0. The van der Waals surface area contributed by atoms with Gasteiger partial charge in [0, 0.05) is 19.0 Å². The van der Waals surface area contributed by atoms with Crippen LogP contribution in [0.3, 0.4) is 0 Å². The molecule has 0 bridgehead atoms. The Balaban J connectivity index is 1.67. The quantitative estimate of drug-likeness (QED) is 0.919. The van der Waals surface area contributed by atoms with E-state index in [2.05, 4.69) is 0 Å². The maximum Gasteiger partial charge on any atom is 0.303 e. The van der Waals surface area contributed by atoms with E-state index in [4.69, 9.17) is 14.6 Å². The van der Waals surface area contributed by atoms with Gasteiger partial charge in [0.1, 0.15) is 6.61 Å². The lowest BCUT2D eigenvalue weighted by Crippen LogP contribution is -2.52. The Morgan fingerprint density at radius 1 is 1.22 bits per heavy atom. The van der Waals surface area contributed by atoms with E-state index in [1.807, 2.05) is 18.2 Å². The Hall–Kier alpha value is -2.24. The molecule has 1 aromatic carbocycles. The van der Waals surface area contributed by atoms with E-state index < -0.39 is 12.1 Å². The third kappa shape index (κ3) is 3.57. The second kappa shape index (κ2) is 6.89. The predicted molar refractivity (Wildman–Crippen MR) is 82.6 cm³/mol. The second-order valence-corrected chi connectivity index (χ2v) is 5.98. The maximum absolute atomic E-state index is 12.8. The van der Waals surface area contributed by atoms with E-state index in [9.17, 15) is 9.59 Å².